The molecular weight excluding hydrogens is 482 g/mol. The number of nitrogens with zero attached hydrogens (tertiary/aromatic N) is 3. The maximum absolute atomic E-state index is 11.8. The number of aliphatic imine (C=N–C) groups is 1. The van der Waals surface area contributed by atoms with Gasteiger partial charge in [-0.25, -0.2) is 0 Å². The van der Waals surface area contributed by atoms with Crippen LogP contribution < -0.4 is 20.3 Å². The normalized spacial score (nSPS) is 10.3. The second-order valence-electron chi connectivity index (χ2n) is 6.53. The summed E-state index contributed by atoms with van der Waals surface area (Å²) in [4.78, 5) is 21.9. The summed E-state index contributed by atoms with van der Waals surface area (Å²) in [7, 11) is 3.50. The first-order chi connectivity index (χ1) is 14.9. The monoisotopic (exact) mass is 501 g/mol. The van der Waals surface area contributed by atoms with Crippen LogP contribution in [0.15, 0.2) is 64.2 Å². The summed E-state index contributed by atoms with van der Waals surface area (Å²) < 4.78 is 6.71. The average molecular weight is 503 g/mol. The number of benzene rings is 2. The van der Waals surface area contributed by atoms with Crippen LogP contribution in [0.4, 0.5) is 17.1 Å². The summed E-state index contributed by atoms with van der Waals surface area (Å²) in [6.07, 6.45) is 1.52. The van der Waals surface area contributed by atoms with Crippen molar-refractivity contribution in [2.75, 3.05) is 31.0 Å². The Morgan fingerprint density at radius 1 is 1.23 bits per heavy atom. The predicted molar refractivity (Wildman–Crippen MR) is 129 cm³/mol. The molecule has 1 amide bonds. The number of hydrogen-bond acceptors (Lipinski definition) is 6. The Hall–Kier alpha value is -3.10. The number of pyridine rings is 1. The van der Waals surface area contributed by atoms with Gasteiger partial charge in [-0.05, 0) is 59.0 Å². The van der Waals surface area contributed by atoms with Gasteiger partial charge >= 0.3 is 0 Å². The van der Waals surface area contributed by atoms with Gasteiger partial charge in [0.2, 0.25) is 0 Å². The quantitative estimate of drug-likeness (QED) is 0.315. The van der Waals surface area contributed by atoms with E-state index in [1.54, 1.807) is 25.2 Å². The van der Waals surface area contributed by atoms with Crippen LogP contribution in [-0.4, -0.2) is 38.4 Å². The number of carbonyl (C=O) groups is 1. The maximum atomic E-state index is 11.8. The molecule has 0 aliphatic heterocycles. The molecule has 0 radical (unpaired) electrons. The molecule has 0 aliphatic carbocycles. The van der Waals surface area contributed by atoms with E-state index in [0.29, 0.717) is 28.9 Å². The molecule has 160 valence electrons. The largest absolute Gasteiger partial charge is 0.457 e. The summed E-state index contributed by atoms with van der Waals surface area (Å²) in [5, 5.41) is 6.53. The van der Waals surface area contributed by atoms with Crippen molar-refractivity contribution in [3.05, 3.63) is 69.9 Å². The first-order valence-corrected chi connectivity index (χ1v) is 10.4. The third-order valence-corrected chi connectivity index (χ3v) is 5.61. The highest BCUT2D eigenvalue weighted by Crippen LogP contribution is 2.34. The molecule has 3 rings (SSSR count). The minimum atomic E-state index is -0.281. The Balaban J connectivity index is 1.72. The van der Waals surface area contributed by atoms with Crippen LogP contribution in [0.2, 0.25) is 5.02 Å². The highest BCUT2D eigenvalue weighted by atomic mass is 79.9. The molecule has 7 nitrogen and oxygen atoms in total. The number of amides is 1. The molecule has 2 aromatic carbocycles. The molecule has 0 unspecified atom stereocenters. The molecule has 0 saturated heterocycles. The molecule has 1 heterocycles. The fourth-order valence-corrected chi connectivity index (χ4v) is 3.28. The van der Waals surface area contributed by atoms with Crippen molar-refractivity contribution in [1.29, 1.82) is 0 Å². The highest BCUT2D eigenvalue weighted by molar-refractivity contribution is 9.10. The van der Waals surface area contributed by atoms with Crippen molar-refractivity contribution in [3.8, 4) is 11.5 Å². The van der Waals surface area contributed by atoms with Gasteiger partial charge in [-0.3, -0.25) is 14.8 Å². The molecule has 0 atom stereocenters. The number of nitrogens with one attached hydrogen (secondary N) is 2. The van der Waals surface area contributed by atoms with Gasteiger partial charge in [-0.15, -0.1) is 0 Å². The molecule has 0 aliphatic rings. The summed E-state index contributed by atoms with van der Waals surface area (Å²) in [5.41, 5.74) is 2.75. The van der Waals surface area contributed by atoms with Crippen molar-refractivity contribution in [1.82, 2.24) is 10.3 Å². The highest BCUT2D eigenvalue weighted by Gasteiger charge is 2.11. The van der Waals surface area contributed by atoms with E-state index in [0.717, 1.165) is 15.8 Å². The van der Waals surface area contributed by atoms with E-state index < -0.39 is 0 Å². The van der Waals surface area contributed by atoms with Crippen molar-refractivity contribution in [2.45, 2.75) is 0 Å². The first kappa shape index (κ1) is 22.6. The van der Waals surface area contributed by atoms with E-state index in [2.05, 4.69) is 43.3 Å². The predicted octanol–water partition coefficient (Wildman–Crippen LogP) is 5.49. The average Bonchev–Trinajstić information content (AvgIpc) is 2.79. The Bertz CT molecular complexity index is 1110. The molecular formula is C22H21BrClN5O2. The molecule has 3 aromatic rings. The van der Waals surface area contributed by atoms with E-state index in [4.69, 9.17) is 16.3 Å². The van der Waals surface area contributed by atoms with Crippen LogP contribution in [0.25, 0.3) is 0 Å². The first-order valence-electron chi connectivity index (χ1n) is 9.28. The van der Waals surface area contributed by atoms with E-state index in [1.807, 2.05) is 42.3 Å². The van der Waals surface area contributed by atoms with E-state index in [9.17, 15) is 4.79 Å². The zero-order valence-corrected chi connectivity index (χ0v) is 19.4. The van der Waals surface area contributed by atoms with Crippen LogP contribution in [0.3, 0.4) is 0 Å². The fraction of sp³-hybridized carbons (Fsp3) is 0.136. The molecule has 0 spiro atoms. The standard InChI is InChI=1S/C22H21BrClN5O2/c1-25-19-11-15(31-16-8-9-27-20(12-16)22(30)26-2)5-7-21(19)29(3)13-28-14-4-6-18(24)17(23)10-14/h4-12,28H,1,13H2,2-3H3,(H,26,30). The molecule has 31 heavy (non-hydrogen) atoms. The van der Waals surface area contributed by atoms with E-state index in [1.165, 1.54) is 6.20 Å². The zero-order chi connectivity index (χ0) is 22.4. The number of anilines is 2. The summed E-state index contributed by atoms with van der Waals surface area (Å²) in [6, 6.07) is 14.4. The lowest BCUT2D eigenvalue weighted by Crippen LogP contribution is -2.24. The van der Waals surface area contributed by atoms with Crippen LogP contribution >= 0.6 is 27.5 Å². The van der Waals surface area contributed by atoms with Crippen molar-refractivity contribution >= 4 is 57.2 Å². The molecule has 0 saturated carbocycles. The molecule has 2 N–H and O–H groups in total. The summed E-state index contributed by atoms with van der Waals surface area (Å²) in [5.74, 6) is 0.791. The van der Waals surface area contributed by atoms with Crippen molar-refractivity contribution in [2.24, 2.45) is 4.99 Å². The second-order valence-corrected chi connectivity index (χ2v) is 7.79. The summed E-state index contributed by atoms with van der Waals surface area (Å²) >= 11 is 9.47. The van der Waals surface area contributed by atoms with Gasteiger partial charge < -0.3 is 20.3 Å². The Labute approximate surface area is 194 Å². The van der Waals surface area contributed by atoms with Gasteiger partial charge in [0.15, 0.2) is 0 Å². The van der Waals surface area contributed by atoms with Crippen LogP contribution in [0.1, 0.15) is 10.5 Å². The van der Waals surface area contributed by atoms with Crippen LogP contribution in [-0.2, 0) is 0 Å². The molecule has 9 heteroatoms. The van der Waals surface area contributed by atoms with Gasteiger partial charge in [0.25, 0.3) is 5.91 Å². The van der Waals surface area contributed by atoms with Gasteiger partial charge in [-0.1, -0.05) is 11.6 Å². The number of aromatic nitrogens is 1. The number of rotatable bonds is 8. The third-order valence-electron chi connectivity index (χ3n) is 4.40. The SMILES string of the molecule is C=Nc1cc(Oc2ccnc(C(=O)NC)c2)ccc1N(C)CNc1ccc(Cl)c(Br)c1. The third kappa shape index (κ3) is 5.74. The van der Waals surface area contributed by atoms with E-state index in [-0.39, 0.29) is 11.6 Å². The van der Waals surface area contributed by atoms with Crippen LogP contribution in [0, 0.1) is 0 Å². The number of ether oxygens (including phenoxy) is 1. The second kappa shape index (κ2) is 10.3. The molecule has 0 bridgehead atoms. The Kier molecular flexibility index (Phi) is 7.49. The van der Waals surface area contributed by atoms with Crippen LogP contribution in [0.5, 0.6) is 11.5 Å². The minimum Gasteiger partial charge on any atom is -0.457 e. The van der Waals surface area contributed by atoms with E-state index >= 15 is 0 Å². The maximum Gasteiger partial charge on any atom is 0.269 e. The summed E-state index contributed by atoms with van der Waals surface area (Å²) in [6.45, 7) is 4.21. The van der Waals surface area contributed by atoms with Crippen molar-refractivity contribution < 1.29 is 9.53 Å². The lowest BCUT2D eigenvalue weighted by Gasteiger charge is -2.22. The topological polar surface area (TPSA) is 78.9 Å². The molecule has 1 aromatic heterocycles. The fourth-order valence-electron chi connectivity index (χ4n) is 2.78. The number of hydrogen-bond donors (Lipinski definition) is 2. The smallest absolute Gasteiger partial charge is 0.269 e. The Morgan fingerprint density at radius 2 is 2.00 bits per heavy atom. The zero-order valence-electron chi connectivity index (χ0n) is 17.0. The Morgan fingerprint density at radius 3 is 2.71 bits per heavy atom. The number of carbonyl (C=O) groups excluding carboxylic acids is 1. The van der Waals surface area contributed by atoms with Gasteiger partial charge in [0, 0.05) is 42.6 Å². The van der Waals surface area contributed by atoms with Gasteiger partial charge in [0.1, 0.15) is 17.2 Å². The van der Waals surface area contributed by atoms with Gasteiger partial charge in [-0.2, -0.15) is 0 Å². The lowest BCUT2D eigenvalue weighted by molar-refractivity contribution is 0.0958. The van der Waals surface area contributed by atoms with Gasteiger partial charge in [0.05, 0.1) is 23.1 Å². The lowest BCUT2D eigenvalue weighted by atomic mass is 10.2. The minimum absolute atomic E-state index is 0.276. The molecule has 0 fully saturated rings. The number of halogens is 2. The van der Waals surface area contributed by atoms with Crippen molar-refractivity contribution in [3.63, 3.8) is 0 Å².